The van der Waals surface area contributed by atoms with Gasteiger partial charge in [-0.25, -0.2) is 0 Å². The van der Waals surface area contributed by atoms with E-state index < -0.39 is 25.1 Å². The first kappa shape index (κ1) is 11.8. The van der Waals surface area contributed by atoms with Crippen molar-refractivity contribution in [3.63, 3.8) is 0 Å². The molecule has 0 radical (unpaired) electrons. The molecule has 2 N–H and O–H groups in total. The zero-order chi connectivity index (χ0) is 9.99. The average molecular weight is 196 g/mol. The van der Waals surface area contributed by atoms with Crippen LogP contribution in [0.5, 0.6) is 0 Å². The quantitative estimate of drug-likeness (QED) is 0.625. The maximum atomic E-state index is 11.1. The summed E-state index contributed by atoms with van der Waals surface area (Å²) in [6.45, 7) is 2.93. The van der Waals surface area contributed by atoms with Gasteiger partial charge in [-0.05, 0) is 13.8 Å². The van der Waals surface area contributed by atoms with Crippen LogP contribution in [0.3, 0.4) is 0 Å². The summed E-state index contributed by atoms with van der Waals surface area (Å²) >= 11 is 0. The molecule has 0 aromatic heterocycles. The lowest BCUT2D eigenvalue weighted by atomic mass is 10.1. The van der Waals surface area contributed by atoms with E-state index in [2.05, 4.69) is 0 Å². The Kier molecular flexibility index (Phi) is 3.59. The van der Waals surface area contributed by atoms with Crippen LogP contribution in [0.15, 0.2) is 0 Å². The van der Waals surface area contributed by atoms with Gasteiger partial charge in [-0.2, -0.15) is 0 Å². The summed E-state index contributed by atoms with van der Waals surface area (Å²) in [4.78, 5) is 28.1. The molecule has 0 aliphatic heterocycles. The van der Waals surface area contributed by atoms with Crippen molar-refractivity contribution in [1.82, 2.24) is 0 Å². The van der Waals surface area contributed by atoms with Crippen molar-refractivity contribution in [3.05, 3.63) is 0 Å². The van der Waals surface area contributed by atoms with Gasteiger partial charge < -0.3 is 14.5 Å². The molecule has 5 nitrogen and oxygen atoms in total. The molecule has 0 spiro atoms. The van der Waals surface area contributed by atoms with Crippen LogP contribution in [-0.2, 0) is 14.1 Å². The molecule has 0 aliphatic carbocycles. The summed E-state index contributed by atoms with van der Waals surface area (Å²) in [7, 11) is -2.94. The van der Waals surface area contributed by atoms with Crippen molar-refractivity contribution in [3.8, 4) is 0 Å². The van der Waals surface area contributed by atoms with Crippen LogP contribution < -0.4 is 0 Å². The average Bonchev–Trinajstić information content (AvgIpc) is 1.84. The van der Waals surface area contributed by atoms with Gasteiger partial charge in [-0.3, -0.25) is 9.36 Å². The van der Waals surface area contributed by atoms with E-state index >= 15 is 0 Å². The fourth-order valence-corrected chi connectivity index (χ4v) is 1.25. The summed E-state index contributed by atoms with van der Waals surface area (Å²) in [5.74, 6) is -0.599. The molecule has 0 fully saturated rings. The van der Waals surface area contributed by atoms with E-state index in [0.29, 0.717) is 0 Å². The summed E-state index contributed by atoms with van der Waals surface area (Å²) in [5.41, 5.74) is -1.12. The highest BCUT2D eigenvalue weighted by atomic mass is 31.2. The van der Waals surface area contributed by atoms with E-state index in [9.17, 15) is 9.36 Å². The van der Waals surface area contributed by atoms with Crippen molar-refractivity contribution in [2.24, 2.45) is 0 Å². The third-order valence-electron chi connectivity index (χ3n) is 1.53. The van der Waals surface area contributed by atoms with Crippen LogP contribution >= 0.6 is 7.60 Å². The molecule has 0 bridgehead atoms. The number of methoxy groups -OCH3 is 1. The van der Waals surface area contributed by atoms with Gasteiger partial charge >= 0.3 is 7.60 Å². The highest BCUT2D eigenvalue weighted by Crippen LogP contribution is 2.35. The Morgan fingerprint density at radius 1 is 1.50 bits per heavy atom. The number of Topliss-reactive ketones (excluding diaryl/α,β-unsaturated/α-hetero) is 1. The van der Waals surface area contributed by atoms with Crippen LogP contribution in [0.4, 0.5) is 0 Å². The number of ether oxygens (including phenoxy) is 1. The lowest BCUT2D eigenvalue weighted by Crippen LogP contribution is -2.35. The molecule has 0 saturated heterocycles. The number of hydrogen-bond acceptors (Lipinski definition) is 3. The van der Waals surface area contributed by atoms with Crippen molar-refractivity contribution < 1.29 is 23.9 Å². The van der Waals surface area contributed by atoms with Crippen molar-refractivity contribution in [2.45, 2.75) is 19.4 Å². The molecular formula is C6H13O5P. The smallest absolute Gasteiger partial charge is 0.333 e. The lowest BCUT2D eigenvalue weighted by molar-refractivity contribution is -0.134. The van der Waals surface area contributed by atoms with Crippen molar-refractivity contribution in [1.29, 1.82) is 0 Å². The molecule has 0 aliphatic rings. The van der Waals surface area contributed by atoms with Crippen LogP contribution in [-0.4, -0.2) is 34.4 Å². The van der Waals surface area contributed by atoms with Gasteiger partial charge in [-0.1, -0.05) is 0 Å². The van der Waals surface area contributed by atoms with Crippen LogP contribution in [0, 0.1) is 0 Å². The summed E-state index contributed by atoms with van der Waals surface area (Å²) in [5, 5.41) is 0. The molecular weight excluding hydrogens is 183 g/mol. The van der Waals surface area contributed by atoms with E-state index in [-0.39, 0.29) is 0 Å². The van der Waals surface area contributed by atoms with Crippen molar-refractivity contribution in [2.75, 3.05) is 13.3 Å². The monoisotopic (exact) mass is 196 g/mol. The Labute approximate surface area is 70.9 Å². The topological polar surface area (TPSA) is 83.8 Å². The summed E-state index contributed by atoms with van der Waals surface area (Å²) in [6, 6.07) is 0. The maximum absolute atomic E-state index is 11.1. The number of hydrogen-bond donors (Lipinski definition) is 2. The van der Waals surface area contributed by atoms with Crippen molar-refractivity contribution >= 4 is 13.4 Å². The molecule has 12 heavy (non-hydrogen) atoms. The number of ketones is 1. The zero-order valence-corrected chi connectivity index (χ0v) is 8.17. The Hall–Kier alpha value is -0.220. The van der Waals surface area contributed by atoms with Gasteiger partial charge in [0.25, 0.3) is 0 Å². The third-order valence-corrected chi connectivity index (χ3v) is 2.23. The fourth-order valence-electron chi connectivity index (χ4n) is 0.491. The Balaban J connectivity index is 4.34. The molecule has 0 rings (SSSR count). The molecule has 0 aromatic carbocycles. The molecule has 72 valence electrons. The minimum atomic E-state index is -4.26. The molecule has 0 unspecified atom stereocenters. The molecule has 0 heterocycles. The third kappa shape index (κ3) is 3.97. The standard InChI is InChI=1S/C6H13O5P/c1-6(2,11-3)5(7)4-12(8,9)10/h4H2,1-3H3,(H2,8,9,10). The molecule has 0 saturated carbocycles. The predicted molar refractivity (Wildman–Crippen MR) is 43.0 cm³/mol. The minimum absolute atomic E-state index is 0.599. The highest BCUT2D eigenvalue weighted by Gasteiger charge is 2.32. The fraction of sp³-hybridized carbons (Fsp3) is 0.833. The van der Waals surface area contributed by atoms with Gasteiger partial charge in [0.2, 0.25) is 0 Å². The second-order valence-electron chi connectivity index (χ2n) is 2.96. The molecule has 0 atom stereocenters. The predicted octanol–water partition coefficient (Wildman–Crippen LogP) is 0.158. The van der Waals surface area contributed by atoms with E-state index in [1.54, 1.807) is 0 Å². The van der Waals surface area contributed by atoms with Gasteiger partial charge in [0.1, 0.15) is 11.8 Å². The first-order valence-electron chi connectivity index (χ1n) is 3.32. The van der Waals surface area contributed by atoms with Crippen LogP contribution in [0.25, 0.3) is 0 Å². The first-order valence-corrected chi connectivity index (χ1v) is 5.12. The van der Waals surface area contributed by atoms with Gasteiger partial charge in [-0.15, -0.1) is 0 Å². The second kappa shape index (κ2) is 3.66. The summed E-state index contributed by atoms with van der Waals surface area (Å²) in [6.07, 6.45) is -0.770. The van der Waals surface area contributed by atoms with E-state index in [4.69, 9.17) is 14.5 Å². The Morgan fingerprint density at radius 2 is 1.92 bits per heavy atom. The minimum Gasteiger partial charge on any atom is -0.371 e. The lowest BCUT2D eigenvalue weighted by Gasteiger charge is -2.20. The second-order valence-corrected chi connectivity index (χ2v) is 4.61. The van der Waals surface area contributed by atoms with E-state index in [1.165, 1.54) is 21.0 Å². The highest BCUT2D eigenvalue weighted by molar-refractivity contribution is 7.52. The molecule has 0 amide bonds. The maximum Gasteiger partial charge on any atom is 0.333 e. The molecule has 0 aromatic rings. The Morgan fingerprint density at radius 3 is 2.17 bits per heavy atom. The van der Waals surface area contributed by atoms with Crippen LogP contribution in [0.2, 0.25) is 0 Å². The Bertz CT molecular complexity index is 216. The summed E-state index contributed by atoms with van der Waals surface area (Å²) < 4.78 is 15.2. The van der Waals surface area contributed by atoms with Gasteiger partial charge in [0.05, 0.1) is 0 Å². The van der Waals surface area contributed by atoms with Crippen LogP contribution in [0.1, 0.15) is 13.8 Å². The largest absolute Gasteiger partial charge is 0.371 e. The number of rotatable bonds is 4. The van der Waals surface area contributed by atoms with Gasteiger partial charge in [0.15, 0.2) is 5.78 Å². The zero-order valence-electron chi connectivity index (χ0n) is 7.27. The van der Waals surface area contributed by atoms with E-state index in [0.717, 1.165) is 0 Å². The number of carbonyl (C=O) groups is 1. The van der Waals surface area contributed by atoms with Gasteiger partial charge in [0, 0.05) is 7.11 Å². The normalized spacial score (nSPS) is 13.1. The number of carbonyl (C=O) groups excluding carboxylic acids is 1. The SMILES string of the molecule is COC(C)(C)C(=O)CP(=O)(O)O. The van der Waals surface area contributed by atoms with E-state index in [1.807, 2.05) is 0 Å². The molecule has 6 heteroatoms. The first-order chi connectivity index (χ1) is 5.19.